The lowest BCUT2D eigenvalue weighted by Gasteiger charge is -2.35. The highest BCUT2D eigenvalue weighted by atomic mass is 16.5. The second-order valence-corrected chi connectivity index (χ2v) is 8.68. The van der Waals surface area contributed by atoms with E-state index in [1.54, 1.807) is 37.3 Å². The van der Waals surface area contributed by atoms with E-state index in [4.69, 9.17) is 9.47 Å². The number of anilines is 1. The third kappa shape index (κ3) is 7.10. The Labute approximate surface area is 192 Å². The molecule has 1 heterocycles. The summed E-state index contributed by atoms with van der Waals surface area (Å²) < 4.78 is 11.9. The normalized spacial score (nSPS) is 22.9. The molecule has 3 amide bonds. The van der Waals surface area contributed by atoms with Crippen LogP contribution in [0.5, 0.6) is 5.75 Å². The van der Waals surface area contributed by atoms with Gasteiger partial charge in [0.1, 0.15) is 12.4 Å². The molecule has 32 heavy (non-hydrogen) atoms. The Morgan fingerprint density at radius 2 is 1.97 bits per heavy atom. The first-order valence-electron chi connectivity index (χ1n) is 11.6. The Bertz CT molecular complexity index is 758. The van der Waals surface area contributed by atoms with Crippen molar-refractivity contribution >= 4 is 17.6 Å². The average molecular weight is 449 g/mol. The Morgan fingerprint density at radius 1 is 1.22 bits per heavy atom. The van der Waals surface area contributed by atoms with Crippen LogP contribution in [0.3, 0.4) is 0 Å². The molecule has 1 aromatic rings. The SMILES string of the molecule is CCCNC(=O)Nc1ccc2c(c1)OC[C@@H](C)N(CCC)C[C@@H](C)[C@@H](OC)CN(C)C2=O. The third-order valence-electron chi connectivity index (χ3n) is 5.88. The molecule has 1 aliphatic rings. The highest BCUT2D eigenvalue weighted by Crippen LogP contribution is 2.26. The number of fused-ring (bicyclic) bond motifs is 1. The van der Waals surface area contributed by atoms with Crippen molar-refractivity contribution < 1.29 is 19.1 Å². The van der Waals surface area contributed by atoms with Gasteiger partial charge in [-0.2, -0.15) is 0 Å². The van der Waals surface area contributed by atoms with Crippen LogP contribution in [-0.2, 0) is 4.74 Å². The third-order valence-corrected chi connectivity index (χ3v) is 5.88. The minimum absolute atomic E-state index is 0.0671. The van der Waals surface area contributed by atoms with E-state index in [2.05, 4.69) is 36.3 Å². The van der Waals surface area contributed by atoms with Crippen molar-refractivity contribution in [1.82, 2.24) is 15.1 Å². The van der Waals surface area contributed by atoms with Gasteiger partial charge in [0.25, 0.3) is 5.91 Å². The summed E-state index contributed by atoms with van der Waals surface area (Å²) in [5.41, 5.74) is 1.06. The van der Waals surface area contributed by atoms with Gasteiger partial charge in [0.15, 0.2) is 0 Å². The van der Waals surface area contributed by atoms with Gasteiger partial charge in [-0.05, 0) is 44.4 Å². The quantitative estimate of drug-likeness (QED) is 0.697. The summed E-state index contributed by atoms with van der Waals surface area (Å²) in [6.45, 7) is 11.8. The van der Waals surface area contributed by atoms with Crippen LogP contribution in [-0.4, -0.2) is 80.8 Å². The number of carbonyl (C=O) groups is 2. The predicted octanol–water partition coefficient (Wildman–Crippen LogP) is 3.43. The van der Waals surface area contributed by atoms with Crippen molar-refractivity contribution in [2.24, 2.45) is 5.92 Å². The van der Waals surface area contributed by atoms with E-state index in [0.29, 0.717) is 36.7 Å². The molecule has 0 saturated heterocycles. The first kappa shape index (κ1) is 25.9. The zero-order valence-electron chi connectivity index (χ0n) is 20.4. The first-order valence-corrected chi connectivity index (χ1v) is 11.6. The van der Waals surface area contributed by atoms with Crippen LogP contribution in [0.25, 0.3) is 0 Å². The van der Waals surface area contributed by atoms with Crippen molar-refractivity contribution in [3.8, 4) is 5.75 Å². The number of ether oxygens (including phenoxy) is 2. The summed E-state index contributed by atoms with van der Waals surface area (Å²) in [6, 6.07) is 5.07. The predicted molar refractivity (Wildman–Crippen MR) is 127 cm³/mol. The number of amides is 3. The van der Waals surface area contributed by atoms with E-state index >= 15 is 0 Å². The Morgan fingerprint density at radius 3 is 2.62 bits per heavy atom. The van der Waals surface area contributed by atoms with Crippen LogP contribution >= 0.6 is 0 Å². The molecule has 0 aromatic heterocycles. The van der Waals surface area contributed by atoms with Gasteiger partial charge in [0.2, 0.25) is 0 Å². The van der Waals surface area contributed by atoms with Gasteiger partial charge in [0.05, 0.1) is 11.7 Å². The van der Waals surface area contributed by atoms with Crippen molar-refractivity contribution in [2.75, 3.05) is 52.3 Å². The van der Waals surface area contributed by atoms with E-state index in [9.17, 15) is 9.59 Å². The second kappa shape index (κ2) is 12.6. The van der Waals surface area contributed by atoms with Gasteiger partial charge in [0, 0.05) is 51.6 Å². The van der Waals surface area contributed by atoms with Crippen molar-refractivity contribution in [3.63, 3.8) is 0 Å². The molecule has 2 rings (SSSR count). The first-order chi connectivity index (χ1) is 15.3. The molecule has 0 saturated carbocycles. The number of likely N-dealkylation sites (N-methyl/N-ethyl adjacent to an activating group) is 1. The fraction of sp³-hybridized carbons (Fsp3) is 0.667. The fourth-order valence-electron chi connectivity index (χ4n) is 3.94. The number of hydrogen-bond donors (Lipinski definition) is 2. The van der Waals surface area contributed by atoms with E-state index in [-0.39, 0.29) is 30.0 Å². The van der Waals surface area contributed by atoms with Crippen LogP contribution in [0, 0.1) is 5.92 Å². The molecule has 2 N–H and O–H groups in total. The molecular weight excluding hydrogens is 408 g/mol. The second-order valence-electron chi connectivity index (χ2n) is 8.68. The maximum absolute atomic E-state index is 13.2. The lowest BCUT2D eigenvalue weighted by Crippen LogP contribution is -2.46. The maximum atomic E-state index is 13.2. The van der Waals surface area contributed by atoms with Gasteiger partial charge in [-0.25, -0.2) is 4.79 Å². The summed E-state index contributed by atoms with van der Waals surface area (Å²) >= 11 is 0. The van der Waals surface area contributed by atoms with E-state index in [0.717, 1.165) is 25.9 Å². The lowest BCUT2D eigenvalue weighted by atomic mass is 10.0. The Balaban J connectivity index is 2.35. The van der Waals surface area contributed by atoms with Gasteiger partial charge >= 0.3 is 6.03 Å². The molecule has 3 atom stereocenters. The summed E-state index contributed by atoms with van der Waals surface area (Å²) in [6.07, 6.45) is 1.84. The zero-order valence-corrected chi connectivity index (χ0v) is 20.4. The molecule has 0 spiro atoms. The number of methoxy groups -OCH3 is 1. The summed E-state index contributed by atoms with van der Waals surface area (Å²) in [4.78, 5) is 29.4. The molecule has 8 heteroatoms. The van der Waals surface area contributed by atoms with Crippen molar-refractivity contribution in [3.05, 3.63) is 23.8 Å². The van der Waals surface area contributed by atoms with E-state index < -0.39 is 0 Å². The van der Waals surface area contributed by atoms with Crippen LogP contribution in [0.15, 0.2) is 18.2 Å². The molecule has 8 nitrogen and oxygen atoms in total. The summed E-state index contributed by atoms with van der Waals surface area (Å²) in [5.74, 6) is 0.604. The topological polar surface area (TPSA) is 83.1 Å². The Kier molecular flexibility index (Phi) is 10.3. The molecule has 1 aliphatic heterocycles. The molecule has 0 fully saturated rings. The monoisotopic (exact) mass is 448 g/mol. The molecular formula is C24H40N4O4. The van der Waals surface area contributed by atoms with Gasteiger partial charge in [-0.15, -0.1) is 0 Å². The highest BCUT2D eigenvalue weighted by molar-refractivity contribution is 5.98. The Hall–Kier alpha value is -2.32. The number of rotatable bonds is 6. The van der Waals surface area contributed by atoms with Crippen molar-refractivity contribution in [2.45, 2.75) is 52.7 Å². The van der Waals surface area contributed by atoms with Gasteiger partial charge < -0.3 is 25.0 Å². The van der Waals surface area contributed by atoms with Crippen LogP contribution in [0.2, 0.25) is 0 Å². The summed E-state index contributed by atoms with van der Waals surface area (Å²) in [5, 5.41) is 5.60. The zero-order chi connectivity index (χ0) is 23.7. The standard InChI is InChI=1S/C24H40N4O4/c1-7-11-25-24(30)26-19-9-10-20-21(13-19)32-16-18(4)28(12-8-2)14-17(3)22(31-6)15-27(5)23(20)29/h9-10,13,17-18,22H,7-8,11-12,14-16H2,1-6H3,(H2,25,26,30)/t17-,18-,22+/m1/s1. The van der Waals surface area contributed by atoms with Crippen LogP contribution < -0.4 is 15.4 Å². The maximum Gasteiger partial charge on any atom is 0.319 e. The van der Waals surface area contributed by atoms with Crippen molar-refractivity contribution in [1.29, 1.82) is 0 Å². The molecule has 1 aromatic carbocycles. The number of nitrogens with one attached hydrogen (secondary N) is 2. The molecule has 0 aliphatic carbocycles. The number of benzene rings is 1. The lowest BCUT2D eigenvalue weighted by molar-refractivity contribution is 0.0108. The number of nitrogens with zero attached hydrogens (tertiary/aromatic N) is 2. The van der Waals surface area contributed by atoms with Gasteiger partial charge in [-0.3, -0.25) is 9.69 Å². The van der Waals surface area contributed by atoms with Crippen LogP contribution in [0.4, 0.5) is 10.5 Å². The number of hydrogen-bond acceptors (Lipinski definition) is 5. The minimum Gasteiger partial charge on any atom is -0.491 e. The molecule has 0 bridgehead atoms. The van der Waals surface area contributed by atoms with Crippen LogP contribution in [0.1, 0.15) is 50.9 Å². The highest BCUT2D eigenvalue weighted by Gasteiger charge is 2.28. The fourth-order valence-corrected chi connectivity index (χ4v) is 3.94. The van der Waals surface area contributed by atoms with E-state index in [1.165, 1.54) is 0 Å². The average Bonchev–Trinajstić information content (AvgIpc) is 2.78. The number of carbonyl (C=O) groups excluding carboxylic acids is 2. The number of urea groups is 1. The largest absolute Gasteiger partial charge is 0.491 e. The molecule has 180 valence electrons. The smallest absolute Gasteiger partial charge is 0.319 e. The van der Waals surface area contributed by atoms with E-state index in [1.807, 2.05) is 6.92 Å². The molecule has 0 radical (unpaired) electrons. The van der Waals surface area contributed by atoms with Gasteiger partial charge in [-0.1, -0.05) is 20.8 Å². The summed E-state index contributed by atoms with van der Waals surface area (Å²) in [7, 11) is 3.49. The molecule has 0 unspecified atom stereocenters. The minimum atomic E-state index is -0.275.